The van der Waals surface area contributed by atoms with Crippen LogP contribution < -0.4 is 10.6 Å². The van der Waals surface area contributed by atoms with Gasteiger partial charge in [-0.15, -0.1) is 0 Å². The molecule has 2 aliphatic heterocycles. The Kier molecular flexibility index (Phi) is 35.4. The molecule has 0 spiro atoms. The molecule has 3 aromatic carbocycles. The van der Waals surface area contributed by atoms with Gasteiger partial charge < -0.3 is 49.8 Å². The zero-order chi connectivity index (χ0) is 80.5. The van der Waals surface area contributed by atoms with Crippen LogP contribution >= 0.6 is 0 Å². The average molecular weight is 1500 g/mol. The first-order valence-corrected chi connectivity index (χ1v) is 38.8. The van der Waals surface area contributed by atoms with Crippen LogP contribution in [-0.2, 0) is 86.4 Å². The number of ketones is 4. The Morgan fingerprint density at radius 3 is 1.53 bits per heavy atom. The Morgan fingerprint density at radius 1 is 0.491 bits per heavy atom. The topological polar surface area (TPSA) is 289 Å². The fourth-order valence-corrected chi connectivity index (χ4v) is 14.6. The highest BCUT2D eigenvalue weighted by Gasteiger charge is 2.43. The lowest BCUT2D eigenvalue weighted by Crippen LogP contribution is -2.59. The van der Waals surface area contributed by atoms with Gasteiger partial charge in [0.05, 0.1) is 36.6 Å². The zero-order valence-electron chi connectivity index (χ0n) is 67.5. The molecular weight excluding hydrogens is 1370 g/mol. The van der Waals surface area contributed by atoms with E-state index in [1.165, 1.54) is 97.5 Å². The molecule has 0 radical (unpaired) electrons. The Balaban J connectivity index is 1.61. The minimum Gasteiger partial charge on any atom is -0.347 e. The van der Waals surface area contributed by atoms with Crippen molar-refractivity contribution in [1.82, 2.24) is 49.8 Å². The van der Waals surface area contributed by atoms with Crippen LogP contribution in [0, 0.1) is 47.3 Å². The van der Waals surface area contributed by atoms with Crippen molar-refractivity contribution in [2.24, 2.45) is 47.3 Å². The summed E-state index contributed by atoms with van der Waals surface area (Å²) >= 11 is 0. The van der Waals surface area contributed by atoms with E-state index < -0.39 is 168 Å². The van der Waals surface area contributed by atoms with Crippen molar-refractivity contribution in [3.63, 3.8) is 0 Å². The number of hydrogen-bond acceptors (Lipinski definition) is 14. The SMILES string of the molecule is CC(C)C[C@@H]1NC(=O)[C@H](CC(C)C)N(C)C(=O)CNC(=O)[C@H](Cc2ccccc2)CC(=O)[C@H](C(C)C)N(C)C(=O)[C@H](Cc2ccccc2)CC(=O)[C@H](C)N(C)C(=O)CCN(C)C(=O)C[C@@H](C(=O)N(C)[C@@H](Cc2ccccc2)C(=O)C[C@@H](C)C(=O)N2CCCCC2)CC(=O)[C@H](C)N(C)C(=O)[C@H](CC(C)C)N(C)C1=O. The molecule has 3 aromatic rings. The standard InChI is InChI=1S/C84H124N10O14/c1-53(2)41-66-83(107)92(17)69(43-55(5)6)84(108)89(14)59(11)71(96)50-65(81(105)91(16)67(47-62-35-27-21-28-36-62)72(97)44-57(9)80(104)94-38-29-22-30-39-94)51-75(100)87(12)40-37-74(99)88(13)58(10)70(95)49-64(46-61-33-25-20-26-34-61)82(106)93(18)77(56(7)8)73(98)48-63(45-60-31-23-19-24-32-60)78(102)85-52-76(101)90(15)68(42-54(3)4)79(103)86-66/h19-21,23-28,31-36,53-59,63-69,77H,22,29-30,37-52H2,1-18H3,(H,85,102)(H,86,103)/t57-,58+,59+,63-,64-,65+,66+,67+,68+,69+,77+/m1/s1. The van der Waals surface area contributed by atoms with E-state index in [-0.39, 0.29) is 94.4 Å². The third kappa shape index (κ3) is 26.1. The highest BCUT2D eigenvalue weighted by molar-refractivity contribution is 6.00. The molecule has 5 rings (SSSR count). The monoisotopic (exact) mass is 1500 g/mol. The average Bonchev–Trinajstić information content (AvgIpc) is 0.822. The molecule has 0 saturated carbocycles. The summed E-state index contributed by atoms with van der Waals surface area (Å²) in [4.78, 5) is 218. The maximum Gasteiger partial charge on any atom is 0.245 e. The number of rotatable bonds is 19. The molecule has 594 valence electrons. The first kappa shape index (κ1) is 89.7. The smallest absolute Gasteiger partial charge is 0.245 e. The van der Waals surface area contributed by atoms with Gasteiger partial charge in [0.2, 0.25) is 59.1 Å². The molecule has 11 atom stereocenters. The van der Waals surface area contributed by atoms with Crippen molar-refractivity contribution in [3.05, 3.63) is 108 Å². The van der Waals surface area contributed by atoms with Gasteiger partial charge in [-0.05, 0) is 112 Å². The number of nitrogens with zero attached hydrogens (tertiary/aromatic N) is 8. The third-order valence-corrected chi connectivity index (χ3v) is 21.6. The van der Waals surface area contributed by atoms with Crippen molar-refractivity contribution in [3.8, 4) is 0 Å². The van der Waals surface area contributed by atoms with Crippen LogP contribution in [0.2, 0.25) is 0 Å². The van der Waals surface area contributed by atoms with Gasteiger partial charge in [-0.2, -0.15) is 0 Å². The molecule has 2 saturated heterocycles. The molecule has 0 aliphatic carbocycles. The second-order valence-electron chi connectivity index (χ2n) is 32.0. The highest BCUT2D eigenvalue weighted by Crippen LogP contribution is 2.28. The molecule has 2 heterocycles. The first-order valence-electron chi connectivity index (χ1n) is 38.8. The van der Waals surface area contributed by atoms with Crippen LogP contribution in [0.5, 0.6) is 0 Å². The summed E-state index contributed by atoms with van der Waals surface area (Å²) in [5.41, 5.74) is 2.15. The van der Waals surface area contributed by atoms with Crippen molar-refractivity contribution >= 4 is 82.2 Å². The molecule has 0 aromatic heterocycles. The van der Waals surface area contributed by atoms with Gasteiger partial charge in [0, 0.05) is 125 Å². The lowest BCUT2D eigenvalue weighted by atomic mass is 9.86. The minimum absolute atomic E-state index is 0.0312. The largest absolute Gasteiger partial charge is 0.347 e. The maximum absolute atomic E-state index is 15.5. The van der Waals surface area contributed by atoms with Gasteiger partial charge in [0.15, 0.2) is 23.1 Å². The van der Waals surface area contributed by atoms with Crippen LogP contribution in [0.3, 0.4) is 0 Å². The summed E-state index contributed by atoms with van der Waals surface area (Å²) < 4.78 is 0. The van der Waals surface area contributed by atoms with Crippen molar-refractivity contribution in [2.75, 3.05) is 75.5 Å². The number of likely N-dealkylation sites (N-methyl/N-ethyl adjacent to an activating group) is 6. The number of hydrogen-bond donors (Lipinski definition) is 2. The van der Waals surface area contributed by atoms with E-state index in [0.717, 1.165) is 30.4 Å². The highest BCUT2D eigenvalue weighted by atomic mass is 16.2. The van der Waals surface area contributed by atoms with Crippen molar-refractivity contribution in [2.45, 2.75) is 215 Å². The number of Topliss-reactive ketones (excluding diaryl/α,β-unsaturated/α-hetero) is 4. The van der Waals surface area contributed by atoms with E-state index >= 15 is 24.0 Å². The summed E-state index contributed by atoms with van der Waals surface area (Å²) in [5, 5.41) is 5.68. The fraction of sp³-hybridized carbons (Fsp3) is 0.619. The van der Waals surface area contributed by atoms with Crippen LogP contribution in [-0.4, -0.2) is 239 Å². The number of amides is 10. The van der Waals surface area contributed by atoms with Crippen LogP contribution in [0.25, 0.3) is 0 Å². The van der Waals surface area contributed by atoms with Gasteiger partial charge in [0.25, 0.3) is 0 Å². The quantitative estimate of drug-likeness (QED) is 0.116. The third-order valence-electron chi connectivity index (χ3n) is 21.6. The van der Waals surface area contributed by atoms with Gasteiger partial charge in [-0.3, -0.25) is 67.1 Å². The molecular formula is C84H124N10O14. The molecule has 0 unspecified atom stereocenters. The normalized spacial score (nSPS) is 23.8. The fourth-order valence-electron chi connectivity index (χ4n) is 14.6. The summed E-state index contributed by atoms with van der Waals surface area (Å²) in [7, 11) is 10.1. The second-order valence-corrected chi connectivity index (χ2v) is 32.0. The molecule has 2 fully saturated rings. The number of carbonyl (C=O) groups is 14. The van der Waals surface area contributed by atoms with Gasteiger partial charge in [-0.25, -0.2) is 0 Å². The van der Waals surface area contributed by atoms with Gasteiger partial charge in [0.1, 0.15) is 18.1 Å². The number of nitrogens with one attached hydrogen (secondary N) is 2. The number of carbonyl (C=O) groups excluding carboxylic acids is 14. The number of piperidine rings is 1. The second kappa shape index (κ2) is 42.7. The molecule has 0 bridgehead atoms. The lowest BCUT2D eigenvalue weighted by Gasteiger charge is -2.37. The van der Waals surface area contributed by atoms with Crippen LogP contribution in [0.4, 0.5) is 0 Å². The van der Waals surface area contributed by atoms with E-state index in [0.29, 0.717) is 18.7 Å². The minimum atomic E-state index is -1.45. The number of likely N-dealkylation sites (tertiary alicyclic amines) is 1. The summed E-state index contributed by atoms with van der Waals surface area (Å²) in [6.07, 6.45) is 0.804. The Hall–Kier alpha value is -8.96. The Labute approximate surface area is 641 Å². The summed E-state index contributed by atoms with van der Waals surface area (Å²) in [6.45, 7) is 19.8. The molecule has 108 heavy (non-hydrogen) atoms. The van der Waals surface area contributed by atoms with E-state index in [1.807, 2.05) is 84.0 Å². The van der Waals surface area contributed by atoms with Crippen molar-refractivity contribution in [1.29, 1.82) is 0 Å². The Morgan fingerprint density at radius 2 is 0.991 bits per heavy atom. The molecule has 24 nitrogen and oxygen atoms in total. The lowest BCUT2D eigenvalue weighted by molar-refractivity contribution is -0.150. The van der Waals surface area contributed by atoms with E-state index in [9.17, 15) is 43.2 Å². The van der Waals surface area contributed by atoms with Crippen LogP contribution in [0.15, 0.2) is 91.0 Å². The summed E-state index contributed by atoms with van der Waals surface area (Å²) in [5.74, 6) is -13.1. The summed E-state index contributed by atoms with van der Waals surface area (Å²) in [6, 6.07) is 18.8. The molecule has 2 N–H and O–H groups in total. The van der Waals surface area contributed by atoms with E-state index in [2.05, 4.69) is 10.6 Å². The molecule has 10 amide bonds. The van der Waals surface area contributed by atoms with Crippen LogP contribution in [0.1, 0.15) is 170 Å². The van der Waals surface area contributed by atoms with E-state index in [1.54, 1.807) is 74.2 Å². The maximum atomic E-state index is 15.5. The molecule has 2 aliphatic rings. The zero-order valence-corrected chi connectivity index (χ0v) is 67.5. The molecule has 24 heteroatoms. The van der Waals surface area contributed by atoms with Gasteiger partial charge in [-0.1, -0.05) is 153 Å². The van der Waals surface area contributed by atoms with E-state index in [4.69, 9.17) is 0 Å². The number of benzene rings is 3. The van der Waals surface area contributed by atoms with Crippen molar-refractivity contribution < 1.29 is 67.1 Å². The Bertz CT molecular complexity index is 3560. The first-order chi connectivity index (χ1) is 50.8. The predicted molar refractivity (Wildman–Crippen MR) is 415 cm³/mol. The van der Waals surface area contributed by atoms with Gasteiger partial charge >= 0.3 is 0 Å². The predicted octanol–water partition coefficient (Wildman–Crippen LogP) is 7.70.